The Bertz CT molecular complexity index is 4240. The lowest BCUT2D eigenvalue weighted by molar-refractivity contribution is 0.672. The summed E-state index contributed by atoms with van der Waals surface area (Å²) in [6.07, 6.45) is 0. The lowest BCUT2D eigenvalue weighted by atomic mass is 10.0. The Hall–Kier alpha value is -8.87. The van der Waals surface area contributed by atoms with Crippen LogP contribution < -0.4 is 0 Å². The largest absolute Gasteiger partial charge is 0.455 e. The molecular weight excluding hydrogens is 795 g/mol. The van der Waals surface area contributed by atoms with Crippen LogP contribution in [-0.4, -0.2) is 24.1 Å². The van der Waals surface area contributed by atoms with Gasteiger partial charge in [0.2, 0.25) is 0 Å². The van der Waals surface area contributed by atoms with Gasteiger partial charge in [-0.25, -0.2) is 15.0 Å². The van der Waals surface area contributed by atoms with Gasteiger partial charge in [-0.15, -0.1) is 0 Å². The molecule has 0 saturated heterocycles. The molecule has 0 radical (unpaired) electrons. The quantitative estimate of drug-likeness (QED) is 0.173. The van der Waals surface area contributed by atoms with Crippen LogP contribution in [0.5, 0.6) is 0 Å². The van der Waals surface area contributed by atoms with E-state index in [9.17, 15) is 0 Å². The molecule has 0 saturated carbocycles. The van der Waals surface area contributed by atoms with E-state index in [2.05, 4.69) is 203 Å². The van der Waals surface area contributed by atoms with Gasteiger partial charge in [-0.2, -0.15) is 0 Å². The van der Waals surface area contributed by atoms with E-state index in [0.29, 0.717) is 17.5 Å². The number of aromatic nitrogens is 5. The molecule has 0 unspecified atom stereocenters. The predicted molar refractivity (Wildman–Crippen MR) is 267 cm³/mol. The Morgan fingerprint density at radius 3 is 1.65 bits per heavy atom. The van der Waals surface area contributed by atoms with Crippen molar-refractivity contribution in [1.29, 1.82) is 0 Å². The van der Waals surface area contributed by atoms with E-state index >= 15 is 0 Å². The van der Waals surface area contributed by atoms with E-state index in [1.807, 2.05) is 18.2 Å². The van der Waals surface area contributed by atoms with Gasteiger partial charge in [0, 0.05) is 54.7 Å². The second-order valence-electron chi connectivity index (χ2n) is 16.8. The first-order valence-corrected chi connectivity index (χ1v) is 21.9. The van der Waals surface area contributed by atoms with Crippen LogP contribution in [0, 0.1) is 0 Å². The minimum absolute atomic E-state index is 0.553. The maximum atomic E-state index is 7.04. The lowest BCUT2D eigenvalue weighted by Crippen LogP contribution is -2.02. The summed E-state index contributed by atoms with van der Waals surface area (Å²) in [5, 5.41) is 11.4. The molecule has 0 aliphatic heterocycles. The molecule has 0 atom stereocenters. The van der Waals surface area contributed by atoms with E-state index in [4.69, 9.17) is 19.4 Å². The summed E-state index contributed by atoms with van der Waals surface area (Å²) in [5.41, 5.74) is 10.8. The van der Waals surface area contributed by atoms with Crippen LogP contribution in [0.15, 0.2) is 217 Å². The molecule has 0 aliphatic rings. The highest BCUT2D eigenvalue weighted by Crippen LogP contribution is 2.44. The summed E-state index contributed by atoms with van der Waals surface area (Å²) < 4.78 is 11.8. The normalized spacial score (nSPS) is 12.0. The third-order valence-corrected chi connectivity index (χ3v) is 13.1. The Kier molecular flexibility index (Phi) is 7.59. The van der Waals surface area contributed by atoms with Crippen molar-refractivity contribution in [2.75, 3.05) is 0 Å². The number of rotatable bonds is 5. The minimum atomic E-state index is 0.553. The van der Waals surface area contributed by atoms with Crippen molar-refractivity contribution < 1.29 is 4.42 Å². The number of furan rings is 1. The highest BCUT2D eigenvalue weighted by atomic mass is 16.3. The van der Waals surface area contributed by atoms with Gasteiger partial charge in [0.05, 0.1) is 33.1 Å². The standard InChI is InChI=1S/C59H35N5O/c1-3-16-37(17-4-1)57-60-58(40-28-29-46-44-23-11-13-25-49(44)63(51(46)33-40)42-20-5-2-6-21-42)62-59(61-57)41-34-53(55-47-30-27-36-15-9-10-22-43(36)56(47)65-54(55)35-41)64-50-26-14-12-24-45(50)48-31-38-18-7-8-19-39(38)32-52(48)64/h1-35H. The fourth-order valence-electron chi connectivity index (χ4n) is 10.1. The molecule has 65 heavy (non-hydrogen) atoms. The maximum Gasteiger partial charge on any atom is 0.164 e. The summed E-state index contributed by atoms with van der Waals surface area (Å²) in [5.74, 6) is 1.73. The topological polar surface area (TPSA) is 61.7 Å². The molecule has 6 nitrogen and oxygen atoms in total. The second-order valence-corrected chi connectivity index (χ2v) is 16.8. The summed E-state index contributed by atoms with van der Waals surface area (Å²) >= 11 is 0. The first kappa shape index (κ1) is 35.7. The van der Waals surface area contributed by atoms with E-state index in [1.54, 1.807) is 0 Å². The molecule has 14 rings (SSSR count). The van der Waals surface area contributed by atoms with Crippen molar-refractivity contribution in [2.45, 2.75) is 0 Å². The average molecular weight is 830 g/mol. The highest BCUT2D eigenvalue weighted by molar-refractivity contribution is 6.20. The van der Waals surface area contributed by atoms with Gasteiger partial charge < -0.3 is 13.6 Å². The van der Waals surface area contributed by atoms with E-state index in [0.717, 1.165) is 88.2 Å². The summed E-state index contributed by atoms with van der Waals surface area (Å²) in [4.78, 5) is 15.9. The fraction of sp³-hybridized carbons (Fsp3) is 0. The number of hydrogen-bond donors (Lipinski definition) is 0. The van der Waals surface area contributed by atoms with Gasteiger partial charge in [-0.3, -0.25) is 0 Å². The first-order valence-electron chi connectivity index (χ1n) is 21.9. The molecule has 0 aliphatic carbocycles. The zero-order valence-electron chi connectivity index (χ0n) is 34.9. The van der Waals surface area contributed by atoms with Gasteiger partial charge in [0.1, 0.15) is 11.2 Å². The molecule has 14 aromatic rings. The van der Waals surface area contributed by atoms with Crippen LogP contribution in [0.2, 0.25) is 0 Å². The van der Waals surface area contributed by atoms with Gasteiger partial charge in [0.15, 0.2) is 17.5 Å². The first-order chi connectivity index (χ1) is 32.2. The number of nitrogens with zero attached hydrogens (tertiary/aromatic N) is 5. The molecule has 4 aromatic heterocycles. The Morgan fingerprint density at radius 2 is 0.877 bits per heavy atom. The molecule has 0 spiro atoms. The summed E-state index contributed by atoms with van der Waals surface area (Å²) in [7, 11) is 0. The zero-order valence-corrected chi connectivity index (χ0v) is 34.9. The van der Waals surface area contributed by atoms with Crippen LogP contribution >= 0.6 is 0 Å². The number of fused-ring (bicyclic) bond motifs is 12. The van der Waals surface area contributed by atoms with Crippen molar-refractivity contribution in [1.82, 2.24) is 24.1 Å². The predicted octanol–water partition coefficient (Wildman–Crippen LogP) is 15.3. The molecule has 0 amide bonds. The monoisotopic (exact) mass is 829 g/mol. The molecule has 0 N–H and O–H groups in total. The number of hydrogen-bond acceptors (Lipinski definition) is 4. The van der Waals surface area contributed by atoms with Crippen molar-refractivity contribution >= 4 is 87.1 Å². The van der Waals surface area contributed by atoms with E-state index in [1.165, 1.54) is 26.9 Å². The third kappa shape index (κ3) is 5.44. The number of para-hydroxylation sites is 3. The molecule has 302 valence electrons. The Labute approximate surface area is 371 Å². The zero-order chi connectivity index (χ0) is 42.6. The highest BCUT2D eigenvalue weighted by Gasteiger charge is 2.23. The molecule has 4 heterocycles. The minimum Gasteiger partial charge on any atom is -0.455 e. The Balaban J connectivity index is 1.07. The van der Waals surface area contributed by atoms with Crippen molar-refractivity contribution in [2.24, 2.45) is 0 Å². The van der Waals surface area contributed by atoms with Crippen molar-refractivity contribution in [3.8, 4) is 45.5 Å². The van der Waals surface area contributed by atoms with Crippen LogP contribution in [0.3, 0.4) is 0 Å². The van der Waals surface area contributed by atoms with Gasteiger partial charge in [0.25, 0.3) is 0 Å². The molecule has 6 heteroatoms. The van der Waals surface area contributed by atoms with Gasteiger partial charge >= 0.3 is 0 Å². The molecular formula is C59H35N5O. The smallest absolute Gasteiger partial charge is 0.164 e. The second kappa shape index (κ2) is 13.8. The Morgan fingerprint density at radius 1 is 0.323 bits per heavy atom. The average Bonchev–Trinajstić information content (AvgIpc) is 4.03. The molecule has 0 fully saturated rings. The summed E-state index contributed by atoms with van der Waals surface area (Å²) in [6.45, 7) is 0. The summed E-state index contributed by atoms with van der Waals surface area (Å²) in [6, 6.07) is 75.0. The van der Waals surface area contributed by atoms with E-state index in [-0.39, 0.29) is 0 Å². The van der Waals surface area contributed by atoms with Crippen molar-refractivity contribution in [3.63, 3.8) is 0 Å². The van der Waals surface area contributed by atoms with Crippen LogP contribution in [0.4, 0.5) is 0 Å². The third-order valence-electron chi connectivity index (χ3n) is 13.1. The molecule has 0 bridgehead atoms. The SMILES string of the molecule is c1ccc(-c2nc(-c3cc(-n4c5ccccc5c5cc6ccccc6cc54)c4c(c3)oc3c5ccccc5ccc34)nc(-c3ccc4c5ccccc5n(-c5ccccc5)c4c3)n2)cc1. The fourth-order valence-corrected chi connectivity index (χ4v) is 10.1. The van der Waals surface area contributed by atoms with Crippen molar-refractivity contribution in [3.05, 3.63) is 212 Å². The van der Waals surface area contributed by atoms with Crippen LogP contribution in [0.1, 0.15) is 0 Å². The number of benzene rings is 10. The molecule has 10 aromatic carbocycles. The van der Waals surface area contributed by atoms with E-state index < -0.39 is 0 Å². The van der Waals surface area contributed by atoms with Gasteiger partial charge in [-0.05, 0) is 76.8 Å². The lowest BCUT2D eigenvalue weighted by Gasteiger charge is -2.14. The maximum absolute atomic E-state index is 7.04. The van der Waals surface area contributed by atoms with Crippen LogP contribution in [-0.2, 0) is 0 Å². The van der Waals surface area contributed by atoms with Crippen LogP contribution in [0.25, 0.3) is 133 Å². The van der Waals surface area contributed by atoms with Gasteiger partial charge in [-0.1, -0.05) is 152 Å².